The topological polar surface area (TPSA) is 55.5 Å². The summed E-state index contributed by atoms with van der Waals surface area (Å²) in [5.74, 6) is 0.718. The van der Waals surface area contributed by atoms with E-state index in [0.717, 1.165) is 11.6 Å². The molecule has 0 bridgehead atoms. The fourth-order valence-electron chi connectivity index (χ4n) is 3.53. The average Bonchev–Trinajstić information content (AvgIpc) is 2.77. The van der Waals surface area contributed by atoms with Gasteiger partial charge in [0.25, 0.3) is 0 Å². The van der Waals surface area contributed by atoms with Crippen molar-refractivity contribution in [2.24, 2.45) is 5.73 Å². The van der Waals surface area contributed by atoms with Crippen LogP contribution in [0.5, 0.6) is 11.5 Å². The zero-order chi connectivity index (χ0) is 22.4. The first kappa shape index (κ1) is 22.4. The molecular weight excluding hydrogens is 403 g/mol. The summed E-state index contributed by atoms with van der Waals surface area (Å²) in [6.45, 7) is 2.59. The van der Waals surface area contributed by atoms with Gasteiger partial charge >= 0.3 is 6.18 Å². The van der Waals surface area contributed by atoms with Gasteiger partial charge in [0.2, 0.25) is 0 Å². The number of rotatable bonds is 7. The predicted molar refractivity (Wildman–Crippen MR) is 117 cm³/mol. The van der Waals surface area contributed by atoms with Crippen LogP contribution >= 0.6 is 0 Å². The van der Waals surface area contributed by atoms with Crippen molar-refractivity contribution in [3.63, 3.8) is 0 Å². The summed E-state index contributed by atoms with van der Waals surface area (Å²) in [6, 6.07) is 19.2. The Morgan fingerprint density at radius 2 is 1.48 bits per heavy atom. The van der Waals surface area contributed by atoms with Crippen LogP contribution in [0, 0.1) is 0 Å². The molecule has 31 heavy (non-hydrogen) atoms. The molecular formula is C25H24F3NO2. The molecule has 3 rings (SSSR count). The highest BCUT2D eigenvalue weighted by Gasteiger charge is 2.34. The number of alkyl halides is 3. The lowest BCUT2D eigenvalue weighted by Crippen LogP contribution is -2.10. The monoisotopic (exact) mass is 427 g/mol. The van der Waals surface area contributed by atoms with Crippen LogP contribution in [-0.2, 0) is 6.18 Å². The van der Waals surface area contributed by atoms with Gasteiger partial charge in [-0.2, -0.15) is 13.2 Å². The Hall–Kier alpha value is -3.25. The Labute approximate surface area is 179 Å². The molecule has 0 fully saturated rings. The molecule has 3 aromatic carbocycles. The van der Waals surface area contributed by atoms with Gasteiger partial charge in [-0.1, -0.05) is 49.4 Å². The molecule has 0 saturated heterocycles. The number of allylic oxidation sites excluding steroid dienone is 1. The average molecular weight is 427 g/mol. The van der Waals surface area contributed by atoms with Crippen LogP contribution in [0.1, 0.15) is 35.6 Å². The second kappa shape index (κ2) is 9.71. The SMILES string of the molecule is CCC(=C(c1ccc(O)cc1)c1ccc(OCCN)cc1)c1ccccc1C(F)(F)F. The predicted octanol–water partition coefficient (Wildman–Crippen LogP) is 6.12. The number of hydrogen-bond donors (Lipinski definition) is 2. The van der Waals surface area contributed by atoms with Crippen LogP contribution in [-0.4, -0.2) is 18.3 Å². The van der Waals surface area contributed by atoms with Gasteiger partial charge in [-0.05, 0) is 64.6 Å². The molecule has 3 nitrogen and oxygen atoms in total. The van der Waals surface area contributed by atoms with Crippen molar-refractivity contribution in [3.05, 3.63) is 95.1 Å². The Bertz CT molecular complexity index is 1040. The lowest BCUT2D eigenvalue weighted by atomic mass is 9.86. The highest BCUT2D eigenvalue weighted by atomic mass is 19.4. The van der Waals surface area contributed by atoms with E-state index in [2.05, 4.69) is 0 Å². The van der Waals surface area contributed by atoms with Crippen LogP contribution < -0.4 is 10.5 Å². The molecule has 0 radical (unpaired) electrons. The Balaban J connectivity index is 2.24. The molecule has 0 aromatic heterocycles. The van der Waals surface area contributed by atoms with E-state index in [-0.39, 0.29) is 11.3 Å². The maximum Gasteiger partial charge on any atom is 0.416 e. The third-order valence-corrected chi connectivity index (χ3v) is 4.90. The molecule has 3 aromatic rings. The van der Waals surface area contributed by atoms with E-state index in [1.165, 1.54) is 24.3 Å². The Kier molecular flexibility index (Phi) is 7.02. The maximum atomic E-state index is 13.8. The minimum Gasteiger partial charge on any atom is -0.508 e. The number of hydrogen-bond acceptors (Lipinski definition) is 3. The molecule has 0 unspecified atom stereocenters. The molecule has 0 atom stereocenters. The van der Waals surface area contributed by atoms with Crippen molar-refractivity contribution in [3.8, 4) is 11.5 Å². The first-order valence-electron chi connectivity index (χ1n) is 9.97. The van der Waals surface area contributed by atoms with Crippen LogP contribution in [0.15, 0.2) is 72.8 Å². The van der Waals surface area contributed by atoms with E-state index in [1.54, 1.807) is 30.3 Å². The molecule has 0 aliphatic carbocycles. The van der Waals surface area contributed by atoms with Gasteiger partial charge in [0.15, 0.2) is 0 Å². The van der Waals surface area contributed by atoms with Crippen molar-refractivity contribution < 1.29 is 23.0 Å². The van der Waals surface area contributed by atoms with Crippen LogP contribution in [0.4, 0.5) is 13.2 Å². The summed E-state index contributed by atoms with van der Waals surface area (Å²) < 4.78 is 46.8. The van der Waals surface area contributed by atoms with Gasteiger partial charge in [-0.3, -0.25) is 0 Å². The second-order valence-electron chi connectivity index (χ2n) is 6.96. The fraction of sp³-hybridized carbons (Fsp3) is 0.200. The first-order chi connectivity index (χ1) is 14.8. The van der Waals surface area contributed by atoms with Gasteiger partial charge in [0, 0.05) is 6.54 Å². The third kappa shape index (κ3) is 5.27. The zero-order valence-corrected chi connectivity index (χ0v) is 17.1. The standard InChI is InChI=1S/C25H24F3NO2/c1-2-21(22-5-3-4-6-23(22)25(26,27)28)24(17-7-11-19(30)12-8-17)18-9-13-20(14-10-18)31-16-15-29/h3-14,30H,2,15-16,29H2,1H3. The number of phenols is 1. The fourth-order valence-corrected chi connectivity index (χ4v) is 3.53. The van der Waals surface area contributed by atoms with Crippen molar-refractivity contribution >= 4 is 11.1 Å². The summed E-state index contributed by atoms with van der Waals surface area (Å²) in [5, 5.41) is 9.70. The minimum absolute atomic E-state index is 0.0855. The highest BCUT2D eigenvalue weighted by Crippen LogP contribution is 2.41. The summed E-state index contributed by atoms with van der Waals surface area (Å²) in [6.07, 6.45) is -4.09. The van der Waals surface area contributed by atoms with Gasteiger partial charge in [0.05, 0.1) is 5.56 Å². The summed E-state index contributed by atoms with van der Waals surface area (Å²) in [7, 11) is 0. The van der Waals surface area contributed by atoms with Crippen LogP contribution in [0.2, 0.25) is 0 Å². The normalized spacial score (nSPS) is 12.4. The molecule has 0 amide bonds. The quantitative estimate of drug-likeness (QED) is 0.447. The Morgan fingerprint density at radius 1 is 0.903 bits per heavy atom. The van der Waals surface area contributed by atoms with E-state index < -0.39 is 11.7 Å². The van der Waals surface area contributed by atoms with E-state index in [0.29, 0.717) is 42.0 Å². The van der Waals surface area contributed by atoms with Crippen molar-refractivity contribution in [2.75, 3.05) is 13.2 Å². The van der Waals surface area contributed by atoms with E-state index >= 15 is 0 Å². The molecule has 0 saturated carbocycles. The van der Waals surface area contributed by atoms with Gasteiger partial charge in [0.1, 0.15) is 18.1 Å². The molecule has 0 aliphatic heterocycles. The Morgan fingerprint density at radius 3 is 2.03 bits per heavy atom. The lowest BCUT2D eigenvalue weighted by Gasteiger charge is -2.20. The largest absolute Gasteiger partial charge is 0.508 e. The van der Waals surface area contributed by atoms with Gasteiger partial charge < -0.3 is 15.6 Å². The maximum absolute atomic E-state index is 13.8. The molecule has 0 aliphatic rings. The molecule has 3 N–H and O–H groups in total. The second-order valence-corrected chi connectivity index (χ2v) is 6.96. The van der Waals surface area contributed by atoms with Gasteiger partial charge in [-0.25, -0.2) is 0 Å². The van der Waals surface area contributed by atoms with E-state index in [1.807, 2.05) is 19.1 Å². The summed E-state index contributed by atoms with van der Waals surface area (Å²) in [4.78, 5) is 0. The summed E-state index contributed by atoms with van der Waals surface area (Å²) >= 11 is 0. The molecule has 6 heteroatoms. The van der Waals surface area contributed by atoms with Crippen LogP contribution in [0.3, 0.4) is 0 Å². The number of benzene rings is 3. The summed E-state index contributed by atoms with van der Waals surface area (Å²) in [5.41, 5.74) is 7.63. The van der Waals surface area contributed by atoms with Crippen LogP contribution in [0.25, 0.3) is 11.1 Å². The molecule has 162 valence electrons. The smallest absolute Gasteiger partial charge is 0.416 e. The number of aromatic hydroxyl groups is 1. The zero-order valence-electron chi connectivity index (χ0n) is 17.1. The van der Waals surface area contributed by atoms with Crippen molar-refractivity contribution in [1.29, 1.82) is 0 Å². The van der Waals surface area contributed by atoms with Gasteiger partial charge in [-0.15, -0.1) is 0 Å². The molecule has 0 spiro atoms. The number of halogens is 3. The van der Waals surface area contributed by atoms with Crippen molar-refractivity contribution in [1.82, 2.24) is 0 Å². The lowest BCUT2D eigenvalue weighted by molar-refractivity contribution is -0.137. The van der Waals surface area contributed by atoms with E-state index in [9.17, 15) is 18.3 Å². The number of nitrogens with two attached hydrogens (primary N) is 1. The number of ether oxygens (including phenoxy) is 1. The number of phenolic OH excluding ortho intramolecular Hbond substituents is 1. The highest BCUT2D eigenvalue weighted by molar-refractivity contribution is 5.99. The van der Waals surface area contributed by atoms with Crippen molar-refractivity contribution in [2.45, 2.75) is 19.5 Å². The van der Waals surface area contributed by atoms with E-state index in [4.69, 9.17) is 10.5 Å². The third-order valence-electron chi connectivity index (χ3n) is 4.90. The minimum atomic E-state index is -4.48. The first-order valence-corrected chi connectivity index (χ1v) is 9.97. The molecule has 0 heterocycles.